The molecule has 1 heteroatoms. The molecule has 1 heterocycles. The molecule has 1 aromatic heterocycles. The summed E-state index contributed by atoms with van der Waals surface area (Å²) in [6.07, 6.45) is 9.51. The van der Waals surface area contributed by atoms with E-state index < -0.39 is 0 Å². The highest BCUT2D eigenvalue weighted by molar-refractivity contribution is 5.79. The number of benzene rings is 1. The summed E-state index contributed by atoms with van der Waals surface area (Å²) in [6.45, 7) is 4.20. The van der Waals surface area contributed by atoms with Gasteiger partial charge in [-0.05, 0) is 48.6 Å². The van der Waals surface area contributed by atoms with Crippen LogP contribution in [0.4, 0.5) is 0 Å². The predicted molar refractivity (Wildman–Crippen MR) is 80.9 cm³/mol. The minimum Gasteiger partial charge on any atom is -0.256 e. The monoisotopic (exact) mass is 247 g/mol. The molecule has 1 aliphatic rings. The number of allylic oxidation sites excluding steroid dienone is 3. The molecule has 0 aliphatic heterocycles. The molecule has 0 atom stereocenters. The smallest absolute Gasteiger partial charge is 0.0699 e. The molecule has 0 unspecified atom stereocenters. The summed E-state index contributed by atoms with van der Waals surface area (Å²) in [4.78, 5) is 4.50. The third kappa shape index (κ3) is 2.50. The van der Waals surface area contributed by atoms with Crippen molar-refractivity contribution in [2.45, 2.75) is 20.3 Å². The maximum absolute atomic E-state index is 4.50. The van der Waals surface area contributed by atoms with Crippen molar-refractivity contribution in [3.8, 4) is 0 Å². The number of nitrogens with zero attached hydrogens (tertiary/aromatic N) is 1. The molecule has 0 N–H and O–H groups in total. The van der Waals surface area contributed by atoms with Crippen LogP contribution in [0.15, 0.2) is 48.7 Å². The summed E-state index contributed by atoms with van der Waals surface area (Å²) in [5, 5.41) is 0. The van der Waals surface area contributed by atoms with Gasteiger partial charge in [-0.1, -0.05) is 48.1 Å². The van der Waals surface area contributed by atoms with Gasteiger partial charge in [0.05, 0.1) is 5.69 Å². The lowest BCUT2D eigenvalue weighted by Gasteiger charge is -2.03. The topological polar surface area (TPSA) is 12.9 Å². The van der Waals surface area contributed by atoms with E-state index in [2.05, 4.69) is 67.4 Å². The number of pyridine rings is 1. The molecule has 0 fully saturated rings. The second-order valence-corrected chi connectivity index (χ2v) is 5.12. The molecule has 1 nitrogen and oxygen atoms in total. The van der Waals surface area contributed by atoms with Gasteiger partial charge in [0.25, 0.3) is 0 Å². The quantitative estimate of drug-likeness (QED) is 0.730. The highest BCUT2D eigenvalue weighted by atomic mass is 14.7. The van der Waals surface area contributed by atoms with Gasteiger partial charge in [-0.25, -0.2) is 0 Å². The molecular formula is C18H17N. The normalized spacial score (nSPS) is 13.7. The van der Waals surface area contributed by atoms with E-state index in [0.717, 1.165) is 12.1 Å². The van der Waals surface area contributed by atoms with Gasteiger partial charge in [-0.15, -0.1) is 0 Å². The largest absolute Gasteiger partial charge is 0.256 e. The van der Waals surface area contributed by atoms with Gasteiger partial charge in [0.2, 0.25) is 0 Å². The lowest BCUT2D eigenvalue weighted by Crippen LogP contribution is -1.88. The minimum atomic E-state index is 0.966. The molecule has 19 heavy (non-hydrogen) atoms. The lowest BCUT2D eigenvalue weighted by molar-refractivity contribution is 1.22. The third-order valence-electron chi connectivity index (χ3n) is 3.49. The van der Waals surface area contributed by atoms with Crippen molar-refractivity contribution >= 4 is 11.6 Å². The number of hydrogen-bond acceptors (Lipinski definition) is 1. The highest BCUT2D eigenvalue weighted by Gasteiger charge is 2.06. The fraction of sp³-hybridized carbons (Fsp3) is 0.167. The second kappa shape index (κ2) is 4.85. The van der Waals surface area contributed by atoms with E-state index in [-0.39, 0.29) is 0 Å². The zero-order chi connectivity index (χ0) is 13.2. The Balaban J connectivity index is 1.97. The van der Waals surface area contributed by atoms with Crippen LogP contribution in [-0.2, 0) is 6.42 Å². The Labute approximate surface area is 114 Å². The lowest BCUT2D eigenvalue weighted by atomic mass is 10.0. The summed E-state index contributed by atoms with van der Waals surface area (Å²) < 4.78 is 0. The first-order chi connectivity index (χ1) is 9.22. The van der Waals surface area contributed by atoms with Gasteiger partial charge in [-0.3, -0.25) is 4.98 Å². The molecule has 0 bridgehead atoms. The van der Waals surface area contributed by atoms with Crippen LogP contribution in [-0.4, -0.2) is 4.98 Å². The van der Waals surface area contributed by atoms with Crippen molar-refractivity contribution in [1.82, 2.24) is 4.98 Å². The van der Waals surface area contributed by atoms with Crippen molar-refractivity contribution in [3.63, 3.8) is 0 Å². The van der Waals surface area contributed by atoms with E-state index in [9.17, 15) is 0 Å². The van der Waals surface area contributed by atoms with Crippen LogP contribution in [0.1, 0.15) is 27.9 Å². The first kappa shape index (κ1) is 11.9. The van der Waals surface area contributed by atoms with Gasteiger partial charge >= 0.3 is 0 Å². The molecule has 1 aromatic carbocycles. The Hall–Kier alpha value is -2.15. The van der Waals surface area contributed by atoms with Crippen molar-refractivity contribution in [2.24, 2.45) is 0 Å². The van der Waals surface area contributed by atoms with E-state index >= 15 is 0 Å². The van der Waals surface area contributed by atoms with Crippen LogP contribution >= 0.6 is 0 Å². The van der Waals surface area contributed by atoms with Gasteiger partial charge in [0, 0.05) is 6.20 Å². The maximum atomic E-state index is 4.50. The molecule has 0 saturated carbocycles. The van der Waals surface area contributed by atoms with Crippen molar-refractivity contribution in [2.75, 3.05) is 0 Å². The Morgan fingerprint density at radius 3 is 2.58 bits per heavy atom. The maximum Gasteiger partial charge on any atom is 0.0699 e. The summed E-state index contributed by atoms with van der Waals surface area (Å²) in [5.74, 6) is 0. The average molecular weight is 247 g/mol. The number of aryl methyl sites for hydroxylation is 2. The SMILES string of the molecule is Cc1ccc(C2=CCc3ccc(C)cc3C=C2)nc1. The zero-order valence-corrected chi connectivity index (χ0v) is 11.4. The van der Waals surface area contributed by atoms with Gasteiger partial charge in [0.15, 0.2) is 0 Å². The molecule has 2 aromatic rings. The summed E-state index contributed by atoms with van der Waals surface area (Å²) in [6, 6.07) is 10.8. The number of aromatic nitrogens is 1. The Kier molecular flexibility index (Phi) is 3.04. The van der Waals surface area contributed by atoms with E-state index in [1.54, 1.807) is 0 Å². The highest BCUT2D eigenvalue weighted by Crippen LogP contribution is 2.23. The van der Waals surface area contributed by atoms with Gasteiger partial charge < -0.3 is 0 Å². The Morgan fingerprint density at radius 2 is 1.79 bits per heavy atom. The van der Waals surface area contributed by atoms with Crippen LogP contribution in [0, 0.1) is 13.8 Å². The van der Waals surface area contributed by atoms with Crippen molar-refractivity contribution in [1.29, 1.82) is 0 Å². The molecule has 94 valence electrons. The standard InChI is InChI=1S/C18H17N/c1-13-3-5-15-6-7-16(8-9-17(15)11-13)18-10-4-14(2)12-19-18/h3-5,7-12H,6H2,1-2H3. The van der Waals surface area contributed by atoms with Crippen molar-refractivity contribution in [3.05, 3.63) is 76.6 Å². The van der Waals surface area contributed by atoms with Gasteiger partial charge in [0.1, 0.15) is 0 Å². The number of fused-ring (bicyclic) bond motifs is 1. The first-order valence-electron chi connectivity index (χ1n) is 6.63. The molecule has 3 rings (SSSR count). The minimum absolute atomic E-state index is 0.966. The molecule has 0 amide bonds. The summed E-state index contributed by atoms with van der Waals surface area (Å²) in [7, 11) is 0. The summed E-state index contributed by atoms with van der Waals surface area (Å²) in [5.41, 5.74) is 7.45. The molecule has 0 spiro atoms. The predicted octanol–water partition coefficient (Wildman–Crippen LogP) is 4.35. The first-order valence-corrected chi connectivity index (χ1v) is 6.63. The van der Waals surface area contributed by atoms with Crippen LogP contribution in [0.5, 0.6) is 0 Å². The van der Waals surface area contributed by atoms with Gasteiger partial charge in [-0.2, -0.15) is 0 Å². The fourth-order valence-electron chi connectivity index (χ4n) is 2.35. The fourth-order valence-corrected chi connectivity index (χ4v) is 2.35. The third-order valence-corrected chi connectivity index (χ3v) is 3.49. The summed E-state index contributed by atoms with van der Waals surface area (Å²) >= 11 is 0. The van der Waals surface area contributed by atoms with Crippen LogP contribution in [0.3, 0.4) is 0 Å². The van der Waals surface area contributed by atoms with Crippen molar-refractivity contribution < 1.29 is 0 Å². The van der Waals surface area contributed by atoms with E-state index in [1.807, 2.05) is 6.20 Å². The zero-order valence-electron chi connectivity index (χ0n) is 11.4. The van der Waals surface area contributed by atoms with Crippen LogP contribution < -0.4 is 0 Å². The number of hydrogen-bond donors (Lipinski definition) is 0. The molecular weight excluding hydrogens is 230 g/mol. The number of rotatable bonds is 1. The van der Waals surface area contributed by atoms with E-state index in [4.69, 9.17) is 0 Å². The molecule has 0 saturated heterocycles. The molecule has 1 aliphatic carbocycles. The average Bonchev–Trinajstić information content (AvgIpc) is 2.62. The van der Waals surface area contributed by atoms with E-state index in [1.165, 1.54) is 27.8 Å². The van der Waals surface area contributed by atoms with Crippen LogP contribution in [0.2, 0.25) is 0 Å². The Morgan fingerprint density at radius 1 is 0.947 bits per heavy atom. The Bertz CT molecular complexity index is 661. The van der Waals surface area contributed by atoms with E-state index in [0.29, 0.717) is 0 Å². The second-order valence-electron chi connectivity index (χ2n) is 5.12. The molecule has 0 radical (unpaired) electrons. The van der Waals surface area contributed by atoms with Crippen LogP contribution in [0.25, 0.3) is 11.6 Å².